The number of fused-ring (bicyclic) bond motifs is 15. The van der Waals surface area contributed by atoms with Crippen molar-refractivity contribution >= 4 is 109 Å². The summed E-state index contributed by atoms with van der Waals surface area (Å²) in [6.07, 6.45) is 0. The summed E-state index contributed by atoms with van der Waals surface area (Å²) in [5, 5.41) is 14.2. The van der Waals surface area contributed by atoms with E-state index in [0.29, 0.717) is 23.7 Å². The van der Waals surface area contributed by atoms with E-state index >= 15 is 0 Å². The van der Waals surface area contributed by atoms with Crippen molar-refractivity contribution in [2.45, 2.75) is 86.0 Å². The number of hydrogen-bond donors (Lipinski definition) is 0. The Bertz CT molecular complexity index is 4110. The molecule has 0 aliphatic rings. The fraction of sp³-hybridized carbons (Fsp3) is 0.206. The van der Waals surface area contributed by atoms with Crippen molar-refractivity contribution in [2.75, 3.05) is 0 Å². The number of rotatable bonds is 6. The number of aromatic nitrogens is 2. The van der Waals surface area contributed by atoms with Crippen molar-refractivity contribution in [3.63, 3.8) is 0 Å². The van der Waals surface area contributed by atoms with Crippen LogP contribution >= 0.6 is 0 Å². The molecule has 0 amide bonds. The lowest BCUT2D eigenvalue weighted by Gasteiger charge is -2.11. The molecule has 13 aromatic rings. The van der Waals surface area contributed by atoms with E-state index in [0.717, 1.165) is 66.0 Å². The van der Waals surface area contributed by atoms with Gasteiger partial charge in [-0.15, -0.1) is 0 Å². The molecule has 0 saturated carbocycles. The first-order chi connectivity index (χ1) is 32.4. The second kappa shape index (κ2) is 14.3. The minimum Gasteiger partial charge on any atom is -0.452 e. The molecule has 0 aliphatic carbocycles. The summed E-state index contributed by atoms with van der Waals surface area (Å²) in [7, 11) is 0. The van der Waals surface area contributed by atoms with Crippen LogP contribution in [0.4, 0.5) is 0 Å². The first-order valence-electron chi connectivity index (χ1n) is 24.2. The minimum absolute atomic E-state index is 0.454. The van der Waals surface area contributed by atoms with Gasteiger partial charge in [-0.3, -0.25) is 0 Å². The second-order valence-electron chi connectivity index (χ2n) is 20.6. The molecular formula is C63H54N2O2. The molecule has 0 saturated heterocycles. The van der Waals surface area contributed by atoms with Crippen molar-refractivity contribution in [3.8, 4) is 11.4 Å². The highest BCUT2D eigenvalue weighted by Gasteiger charge is 2.22. The van der Waals surface area contributed by atoms with Gasteiger partial charge in [-0.2, -0.15) is 0 Å². The van der Waals surface area contributed by atoms with E-state index in [2.05, 4.69) is 211 Å². The molecule has 13 rings (SSSR count). The van der Waals surface area contributed by atoms with Crippen LogP contribution in [0.3, 0.4) is 0 Å². The fourth-order valence-electron chi connectivity index (χ4n) is 11.2. The third-order valence-corrected chi connectivity index (χ3v) is 15.1. The Balaban J connectivity index is 0.952. The largest absolute Gasteiger partial charge is 0.452 e. The van der Waals surface area contributed by atoms with Crippen LogP contribution in [0.25, 0.3) is 120 Å². The van der Waals surface area contributed by atoms with Gasteiger partial charge < -0.3 is 18.0 Å². The lowest BCUT2D eigenvalue weighted by molar-refractivity contribution is 0.633. The molecule has 0 unspecified atom stereocenters. The van der Waals surface area contributed by atoms with Crippen LogP contribution in [0.15, 0.2) is 148 Å². The van der Waals surface area contributed by atoms with Crippen LogP contribution in [0.5, 0.6) is 0 Å². The lowest BCUT2D eigenvalue weighted by atomic mass is 9.98. The number of furan rings is 2. The summed E-state index contributed by atoms with van der Waals surface area (Å²) in [6.45, 7) is 20.4. The summed E-state index contributed by atoms with van der Waals surface area (Å²) < 4.78 is 18.7. The van der Waals surface area contributed by atoms with Gasteiger partial charge in [0.05, 0.1) is 22.1 Å². The van der Waals surface area contributed by atoms with Gasteiger partial charge >= 0.3 is 0 Å². The van der Waals surface area contributed by atoms with E-state index in [1.54, 1.807) is 0 Å². The highest BCUT2D eigenvalue weighted by Crippen LogP contribution is 2.44. The molecule has 0 radical (unpaired) electrons. The van der Waals surface area contributed by atoms with Crippen LogP contribution in [0.1, 0.15) is 107 Å². The second-order valence-corrected chi connectivity index (χ2v) is 20.6. The van der Waals surface area contributed by atoms with Crippen LogP contribution in [-0.2, 0) is 0 Å². The molecule has 9 aromatic carbocycles. The van der Waals surface area contributed by atoms with E-state index in [-0.39, 0.29) is 0 Å². The quantitative estimate of drug-likeness (QED) is 0.167. The predicted octanol–water partition coefficient (Wildman–Crippen LogP) is 18.8. The van der Waals surface area contributed by atoms with E-state index in [9.17, 15) is 0 Å². The summed E-state index contributed by atoms with van der Waals surface area (Å²) >= 11 is 0. The van der Waals surface area contributed by atoms with Crippen LogP contribution in [0, 0.1) is 6.92 Å². The number of hydrogen-bond acceptors (Lipinski definition) is 2. The van der Waals surface area contributed by atoms with Gasteiger partial charge in [0.2, 0.25) is 0 Å². The Labute approximate surface area is 390 Å². The molecule has 328 valence electrons. The van der Waals surface area contributed by atoms with Crippen LogP contribution in [0.2, 0.25) is 0 Å². The molecular weight excluding hydrogens is 817 g/mol. The van der Waals surface area contributed by atoms with Crippen molar-refractivity contribution in [2.24, 2.45) is 0 Å². The van der Waals surface area contributed by atoms with Gasteiger partial charge in [0.15, 0.2) is 11.2 Å². The summed E-state index contributed by atoms with van der Waals surface area (Å²) in [6, 6.07) is 53.1. The normalized spacial score (nSPS) is 12.8. The van der Waals surface area contributed by atoms with Gasteiger partial charge in [-0.05, 0) is 183 Å². The highest BCUT2D eigenvalue weighted by atomic mass is 16.4. The van der Waals surface area contributed by atoms with E-state index in [1.165, 1.54) is 82.2 Å². The topological polar surface area (TPSA) is 36.1 Å². The number of nitrogens with zero attached hydrogens (tertiary/aromatic N) is 2. The molecule has 67 heavy (non-hydrogen) atoms. The zero-order valence-corrected chi connectivity index (χ0v) is 39.8. The summed E-state index contributed by atoms with van der Waals surface area (Å²) in [5.41, 5.74) is 17.1. The Morgan fingerprint density at radius 1 is 0.328 bits per heavy atom. The lowest BCUT2D eigenvalue weighted by Crippen LogP contribution is -1.95. The van der Waals surface area contributed by atoms with E-state index in [1.807, 2.05) is 0 Å². The molecule has 4 heteroatoms. The molecule has 0 spiro atoms. The maximum Gasteiger partial charge on any atom is 0.178 e. The molecule has 0 aliphatic heterocycles. The first kappa shape index (κ1) is 40.0. The average molecular weight is 871 g/mol. The Hall–Kier alpha value is -7.30. The van der Waals surface area contributed by atoms with E-state index < -0.39 is 0 Å². The molecule has 4 nitrogen and oxygen atoms in total. The maximum absolute atomic E-state index is 6.92. The Morgan fingerprint density at radius 2 is 0.716 bits per heavy atom. The third-order valence-electron chi connectivity index (χ3n) is 15.1. The van der Waals surface area contributed by atoms with Crippen molar-refractivity contribution in [1.82, 2.24) is 9.13 Å². The van der Waals surface area contributed by atoms with Gasteiger partial charge in [0.25, 0.3) is 0 Å². The zero-order chi connectivity index (χ0) is 45.7. The highest BCUT2D eigenvalue weighted by molar-refractivity contribution is 6.23. The van der Waals surface area contributed by atoms with Crippen LogP contribution in [-0.4, -0.2) is 9.13 Å². The molecule has 0 fully saturated rings. The third kappa shape index (κ3) is 5.91. The van der Waals surface area contributed by atoms with Gasteiger partial charge in [0.1, 0.15) is 11.2 Å². The average Bonchev–Trinajstić information content (AvgIpc) is 4.06. The Morgan fingerprint density at radius 3 is 1.13 bits per heavy atom. The van der Waals surface area contributed by atoms with E-state index in [4.69, 9.17) is 8.83 Å². The number of benzene rings is 9. The fourth-order valence-corrected chi connectivity index (χ4v) is 11.2. The molecule has 4 heterocycles. The molecule has 0 N–H and O–H groups in total. The van der Waals surface area contributed by atoms with Gasteiger partial charge in [0, 0.05) is 54.5 Å². The smallest absolute Gasteiger partial charge is 0.178 e. The maximum atomic E-state index is 6.92. The minimum atomic E-state index is 0.454. The van der Waals surface area contributed by atoms with Crippen LogP contribution < -0.4 is 0 Å². The molecule has 0 bridgehead atoms. The number of aryl methyl sites for hydroxylation is 1. The van der Waals surface area contributed by atoms with Crippen molar-refractivity contribution in [3.05, 3.63) is 167 Å². The standard InChI is InChI=1S/C63H54N2O2/c1-33(2)38-12-18-55-48(25-38)49-26-39(34(3)4)13-19-56(49)64(55)46-16-10-42-29-52-53-22-37(9)61-54-30-43-11-17-47(24-45(43)32-60(54)67-63(61)62(53)66-59(52)31-44(42)23-46)65-57-20-14-40(35(5)6)27-50(57)51-28-41(36(7)8)15-21-58(51)65/h10-36H,1-9H3. The van der Waals surface area contributed by atoms with Gasteiger partial charge in [-0.1, -0.05) is 91.8 Å². The SMILES string of the molecule is Cc1cc2c3cc4ccc(-n5c6ccc(C(C)C)cc6c6cc(C(C)C)ccc65)cc4cc3oc2c2oc3cc4cc(-n5c6ccc(C(C)C)cc6c6cc(C(C)C)ccc65)ccc4cc3c12. The summed E-state index contributed by atoms with van der Waals surface area (Å²) in [4.78, 5) is 0. The monoisotopic (exact) mass is 870 g/mol. The van der Waals surface area contributed by atoms with Crippen molar-refractivity contribution < 1.29 is 8.83 Å². The predicted molar refractivity (Wildman–Crippen MR) is 286 cm³/mol. The van der Waals surface area contributed by atoms with Crippen molar-refractivity contribution in [1.29, 1.82) is 0 Å². The Kier molecular flexibility index (Phi) is 8.57. The first-order valence-corrected chi connectivity index (χ1v) is 24.2. The van der Waals surface area contributed by atoms with Gasteiger partial charge in [-0.25, -0.2) is 0 Å². The molecule has 4 aromatic heterocycles. The zero-order valence-electron chi connectivity index (χ0n) is 39.8. The molecule has 0 atom stereocenters. The summed E-state index contributed by atoms with van der Waals surface area (Å²) in [5.74, 6) is 1.82.